The number of carbonyl (C=O) groups excluding carboxylic acids is 1. The molecule has 3 aromatic rings. The van der Waals surface area contributed by atoms with Crippen LogP contribution in [-0.4, -0.2) is 66.5 Å². The first-order valence-electron chi connectivity index (χ1n) is 11.0. The van der Waals surface area contributed by atoms with Crippen molar-refractivity contribution in [2.45, 2.75) is 11.8 Å². The Balaban J connectivity index is 1.20. The molecule has 1 unspecified atom stereocenters. The number of methoxy groups -OCH3 is 1. The number of hydrogen-bond acceptors (Lipinski definition) is 7. The first-order chi connectivity index (χ1) is 16.1. The van der Waals surface area contributed by atoms with E-state index in [4.69, 9.17) is 21.3 Å². The Hall–Kier alpha value is -2.68. The third kappa shape index (κ3) is 6.43. The lowest BCUT2D eigenvalue weighted by Crippen LogP contribution is -2.48. The number of halogens is 1. The van der Waals surface area contributed by atoms with E-state index < -0.39 is 5.38 Å². The highest BCUT2D eigenvalue weighted by Gasteiger charge is 2.21. The average molecular weight is 486 g/mol. The van der Waals surface area contributed by atoms with Gasteiger partial charge in [-0.05, 0) is 23.3 Å². The fraction of sp³-hybridized carbons (Fsp3) is 0.375. The van der Waals surface area contributed by atoms with Crippen LogP contribution in [0.25, 0.3) is 0 Å². The molecule has 1 amide bonds. The number of alkyl halides is 1. The number of aromatic nitrogens is 2. The van der Waals surface area contributed by atoms with Gasteiger partial charge in [-0.25, -0.2) is 4.98 Å². The number of nitrogens with one attached hydrogen (secondary N) is 1. The molecule has 0 spiro atoms. The molecule has 0 saturated carbocycles. The number of rotatable bonds is 9. The second-order valence-electron chi connectivity index (χ2n) is 7.91. The van der Waals surface area contributed by atoms with Crippen LogP contribution in [-0.2, 0) is 11.2 Å². The summed E-state index contributed by atoms with van der Waals surface area (Å²) in [4.78, 5) is 21.7. The van der Waals surface area contributed by atoms with Crippen molar-refractivity contribution in [3.63, 3.8) is 0 Å². The summed E-state index contributed by atoms with van der Waals surface area (Å²) in [7, 11) is 1.67. The highest BCUT2D eigenvalue weighted by Crippen LogP contribution is 2.22. The minimum Gasteiger partial charge on any atom is -0.497 e. The van der Waals surface area contributed by atoms with Gasteiger partial charge in [0.25, 0.3) is 0 Å². The molecule has 1 N–H and O–H groups in total. The van der Waals surface area contributed by atoms with Gasteiger partial charge in [0.2, 0.25) is 11.0 Å². The standard InChI is InChI=1S/C24H28ClN5O2S/c1-32-20-9-5-6-18(16-20)17-21-27-24(33-28-21)30-14-12-29(13-15-30)11-10-26-23(31)22(25)19-7-3-2-4-8-19/h2-9,16,22H,10-15,17H2,1H3,(H,26,31). The van der Waals surface area contributed by atoms with E-state index in [2.05, 4.69) is 25.6 Å². The van der Waals surface area contributed by atoms with Gasteiger partial charge in [-0.2, -0.15) is 4.37 Å². The van der Waals surface area contributed by atoms with Crippen molar-refractivity contribution in [3.8, 4) is 5.75 Å². The van der Waals surface area contributed by atoms with Gasteiger partial charge in [-0.15, -0.1) is 11.6 Å². The SMILES string of the molecule is COc1cccc(Cc2nsc(N3CCN(CCNC(=O)C(Cl)c4ccccc4)CC3)n2)c1. The summed E-state index contributed by atoms with van der Waals surface area (Å²) in [6.45, 7) is 5.01. The van der Waals surface area contributed by atoms with Crippen molar-refractivity contribution in [3.05, 3.63) is 71.5 Å². The molecule has 2 aromatic carbocycles. The fourth-order valence-electron chi connectivity index (χ4n) is 3.77. The summed E-state index contributed by atoms with van der Waals surface area (Å²) in [6.07, 6.45) is 0.692. The topological polar surface area (TPSA) is 70.6 Å². The third-order valence-electron chi connectivity index (χ3n) is 5.65. The normalized spacial score (nSPS) is 15.3. The Labute approximate surface area is 203 Å². The largest absolute Gasteiger partial charge is 0.497 e. The molecule has 0 radical (unpaired) electrons. The van der Waals surface area contributed by atoms with E-state index in [0.29, 0.717) is 13.0 Å². The number of carbonyl (C=O) groups is 1. The van der Waals surface area contributed by atoms with Crippen LogP contribution in [0.1, 0.15) is 22.3 Å². The predicted molar refractivity (Wildman–Crippen MR) is 132 cm³/mol. The summed E-state index contributed by atoms with van der Waals surface area (Å²) in [6, 6.07) is 17.4. The number of nitrogens with zero attached hydrogens (tertiary/aromatic N) is 4. The van der Waals surface area contributed by atoms with Crippen LogP contribution in [0.4, 0.5) is 5.13 Å². The monoisotopic (exact) mass is 485 g/mol. The van der Waals surface area contributed by atoms with Gasteiger partial charge in [0, 0.05) is 57.2 Å². The molecule has 1 aliphatic rings. The molecule has 1 atom stereocenters. The lowest BCUT2D eigenvalue weighted by Gasteiger charge is -2.34. The molecule has 7 nitrogen and oxygen atoms in total. The van der Waals surface area contributed by atoms with Crippen LogP contribution >= 0.6 is 23.1 Å². The number of piperazine rings is 1. The Morgan fingerprint density at radius 1 is 1.15 bits per heavy atom. The highest BCUT2D eigenvalue weighted by atomic mass is 35.5. The van der Waals surface area contributed by atoms with Crippen LogP contribution in [0, 0.1) is 0 Å². The Kier molecular flexibility index (Phi) is 8.15. The molecule has 1 aromatic heterocycles. The van der Waals surface area contributed by atoms with Crippen LogP contribution in [0.5, 0.6) is 5.75 Å². The maximum Gasteiger partial charge on any atom is 0.242 e. The maximum absolute atomic E-state index is 12.3. The van der Waals surface area contributed by atoms with Crippen molar-refractivity contribution in [2.75, 3.05) is 51.3 Å². The average Bonchev–Trinajstić information content (AvgIpc) is 3.33. The van der Waals surface area contributed by atoms with E-state index in [0.717, 1.165) is 60.6 Å². The third-order valence-corrected chi connectivity index (χ3v) is 6.91. The lowest BCUT2D eigenvalue weighted by atomic mass is 10.1. The second kappa shape index (κ2) is 11.4. The smallest absolute Gasteiger partial charge is 0.242 e. The number of hydrogen-bond donors (Lipinski definition) is 1. The van der Waals surface area contributed by atoms with E-state index in [-0.39, 0.29) is 5.91 Å². The highest BCUT2D eigenvalue weighted by molar-refractivity contribution is 7.09. The fourth-order valence-corrected chi connectivity index (χ4v) is 4.73. The van der Waals surface area contributed by atoms with E-state index >= 15 is 0 Å². The van der Waals surface area contributed by atoms with E-state index in [1.807, 2.05) is 48.5 Å². The summed E-state index contributed by atoms with van der Waals surface area (Å²) in [5, 5.41) is 3.26. The van der Waals surface area contributed by atoms with Gasteiger partial charge in [0.05, 0.1) is 7.11 Å². The molecule has 2 heterocycles. The molecular weight excluding hydrogens is 458 g/mol. The van der Waals surface area contributed by atoms with Gasteiger partial charge in [-0.1, -0.05) is 42.5 Å². The van der Waals surface area contributed by atoms with Crippen molar-refractivity contribution >= 4 is 34.2 Å². The molecular formula is C24H28ClN5O2S. The van der Waals surface area contributed by atoms with E-state index in [9.17, 15) is 4.79 Å². The molecule has 1 saturated heterocycles. The van der Waals surface area contributed by atoms with Crippen molar-refractivity contribution in [1.82, 2.24) is 19.6 Å². The van der Waals surface area contributed by atoms with Gasteiger partial charge < -0.3 is 15.0 Å². The molecule has 1 fully saturated rings. The Bertz CT molecular complexity index is 1040. The zero-order valence-electron chi connectivity index (χ0n) is 18.6. The molecule has 174 valence electrons. The summed E-state index contributed by atoms with van der Waals surface area (Å²) in [5.74, 6) is 1.53. The first-order valence-corrected chi connectivity index (χ1v) is 12.2. The second-order valence-corrected chi connectivity index (χ2v) is 9.08. The van der Waals surface area contributed by atoms with E-state index in [1.54, 1.807) is 7.11 Å². The van der Waals surface area contributed by atoms with Gasteiger partial charge in [0.1, 0.15) is 17.0 Å². The predicted octanol–water partition coefficient (Wildman–Crippen LogP) is 3.36. The molecule has 1 aliphatic heterocycles. The first kappa shape index (κ1) is 23.5. The van der Waals surface area contributed by atoms with E-state index in [1.165, 1.54) is 11.5 Å². The van der Waals surface area contributed by atoms with Crippen LogP contribution in [0.3, 0.4) is 0 Å². The summed E-state index contributed by atoms with van der Waals surface area (Å²) < 4.78 is 9.84. The minimum absolute atomic E-state index is 0.154. The van der Waals surface area contributed by atoms with Gasteiger partial charge in [-0.3, -0.25) is 9.69 Å². The van der Waals surface area contributed by atoms with Crippen molar-refractivity contribution < 1.29 is 9.53 Å². The Morgan fingerprint density at radius 2 is 1.94 bits per heavy atom. The maximum atomic E-state index is 12.3. The van der Waals surface area contributed by atoms with Crippen LogP contribution < -0.4 is 15.0 Å². The molecule has 0 bridgehead atoms. The number of ether oxygens (including phenoxy) is 1. The molecule has 0 aliphatic carbocycles. The Morgan fingerprint density at radius 3 is 2.70 bits per heavy atom. The number of anilines is 1. The minimum atomic E-state index is -0.661. The van der Waals surface area contributed by atoms with Crippen LogP contribution in [0.15, 0.2) is 54.6 Å². The zero-order valence-corrected chi connectivity index (χ0v) is 20.2. The van der Waals surface area contributed by atoms with Crippen LogP contribution in [0.2, 0.25) is 0 Å². The zero-order chi connectivity index (χ0) is 23.0. The molecule has 33 heavy (non-hydrogen) atoms. The number of benzene rings is 2. The lowest BCUT2D eigenvalue weighted by molar-refractivity contribution is -0.120. The molecule has 9 heteroatoms. The number of amides is 1. The van der Waals surface area contributed by atoms with Gasteiger partial charge in [0.15, 0.2) is 0 Å². The quantitative estimate of drug-likeness (QED) is 0.469. The van der Waals surface area contributed by atoms with Gasteiger partial charge >= 0.3 is 0 Å². The summed E-state index contributed by atoms with van der Waals surface area (Å²) >= 11 is 7.74. The molecule has 4 rings (SSSR count). The summed E-state index contributed by atoms with van der Waals surface area (Å²) in [5.41, 5.74) is 1.95. The van der Waals surface area contributed by atoms with Crippen molar-refractivity contribution in [2.24, 2.45) is 0 Å². The van der Waals surface area contributed by atoms with Crippen molar-refractivity contribution in [1.29, 1.82) is 0 Å².